The summed E-state index contributed by atoms with van der Waals surface area (Å²) in [6.45, 7) is 0.524. The minimum atomic E-state index is -3.56. The van der Waals surface area contributed by atoms with Gasteiger partial charge < -0.3 is 5.43 Å². The van der Waals surface area contributed by atoms with Gasteiger partial charge >= 0.3 is 0 Å². The standard InChI is InChI=1S/C13H20N4O2S/c14-17-13-12(2-1-7-15-13)20(18,19)16-8-11(9-3-4-9)10-5-6-10/h1-2,7,9-11,16H,3-6,8,14H2,(H,15,17). The third-order valence-electron chi connectivity index (χ3n) is 4.16. The summed E-state index contributed by atoms with van der Waals surface area (Å²) < 4.78 is 27.4. The van der Waals surface area contributed by atoms with E-state index in [1.165, 1.54) is 37.9 Å². The van der Waals surface area contributed by atoms with E-state index in [-0.39, 0.29) is 10.7 Å². The lowest BCUT2D eigenvalue weighted by molar-refractivity contribution is 0.401. The minimum absolute atomic E-state index is 0.104. The van der Waals surface area contributed by atoms with Crippen LogP contribution < -0.4 is 16.0 Å². The van der Waals surface area contributed by atoms with Crippen LogP contribution in [0.2, 0.25) is 0 Å². The van der Waals surface area contributed by atoms with Gasteiger partial charge in [0.15, 0.2) is 5.82 Å². The predicted octanol–water partition coefficient (Wildman–Crippen LogP) is 1.08. The second kappa shape index (κ2) is 5.31. The topological polar surface area (TPSA) is 97.1 Å². The molecule has 1 aromatic rings. The lowest BCUT2D eigenvalue weighted by atomic mass is 9.99. The molecule has 0 aromatic carbocycles. The number of hydrogen-bond donors (Lipinski definition) is 3. The van der Waals surface area contributed by atoms with Crippen molar-refractivity contribution in [2.45, 2.75) is 30.6 Å². The number of rotatable bonds is 7. The van der Waals surface area contributed by atoms with E-state index in [1.54, 1.807) is 6.07 Å². The summed E-state index contributed by atoms with van der Waals surface area (Å²) in [5, 5.41) is 0. The SMILES string of the molecule is NNc1ncccc1S(=O)(=O)NCC(C1CC1)C1CC1. The van der Waals surface area contributed by atoms with E-state index in [2.05, 4.69) is 15.1 Å². The second-order valence-electron chi connectivity index (χ2n) is 5.69. The van der Waals surface area contributed by atoms with Gasteiger partial charge in [0.1, 0.15) is 4.90 Å². The molecule has 0 unspecified atom stereocenters. The summed E-state index contributed by atoms with van der Waals surface area (Å²) in [4.78, 5) is 4.03. The summed E-state index contributed by atoms with van der Waals surface area (Å²) >= 11 is 0. The molecule has 2 aliphatic rings. The number of nitrogens with two attached hydrogens (primary N) is 1. The van der Waals surface area contributed by atoms with Gasteiger partial charge in [-0.15, -0.1) is 0 Å². The predicted molar refractivity (Wildman–Crippen MR) is 76.2 cm³/mol. The number of sulfonamides is 1. The molecule has 2 saturated carbocycles. The highest BCUT2D eigenvalue weighted by Gasteiger charge is 2.41. The Morgan fingerprint density at radius 3 is 2.50 bits per heavy atom. The minimum Gasteiger partial charge on any atom is -0.307 e. The molecular formula is C13H20N4O2S. The van der Waals surface area contributed by atoms with Crippen molar-refractivity contribution < 1.29 is 8.42 Å². The fourth-order valence-corrected chi connectivity index (χ4v) is 3.96. The van der Waals surface area contributed by atoms with E-state index in [4.69, 9.17) is 5.84 Å². The Kier molecular flexibility index (Phi) is 3.66. The molecular weight excluding hydrogens is 276 g/mol. The van der Waals surface area contributed by atoms with Crippen LogP contribution in [0.25, 0.3) is 0 Å². The van der Waals surface area contributed by atoms with Gasteiger partial charge in [0.2, 0.25) is 10.0 Å². The molecule has 0 aliphatic heterocycles. The first-order chi connectivity index (χ1) is 9.62. The van der Waals surface area contributed by atoms with E-state index in [1.807, 2.05) is 0 Å². The largest absolute Gasteiger partial charge is 0.307 e. The molecule has 7 heteroatoms. The molecule has 110 valence electrons. The third-order valence-corrected chi connectivity index (χ3v) is 5.62. The average Bonchev–Trinajstić information content (AvgIpc) is 3.32. The number of nitrogens with zero attached hydrogens (tertiary/aromatic N) is 1. The Hall–Kier alpha value is -1.18. The fraction of sp³-hybridized carbons (Fsp3) is 0.615. The Bertz CT molecular complexity index is 570. The zero-order chi connectivity index (χ0) is 14.2. The van der Waals surface area contributed by atoms with Crippen LogP contribution in [0, 0.1) is 17.8 Å². The average molecular weight is 296 g/mol. The van der Waals surface area contributed by atoms with Gasteiger partial charge in [-0.25, -0.2) is 24.0 Å². The van der Waals surface area contributed by atoms with Gasteiger partial charge in [0.05, 0.1) is 0 Å². The maximum absolute atomic E-state index is 12.4. The highest BCUT2D eigenvalue weighted by atomic mass is 32.2. The van der Waals surface area contributed by atoms with Crippen molar-refractivity contribution in [1.82, 2.24) is 9.71 Å². The quantitative estimate of drug-likeness (QED) is 0.517. The molecule has 0 bridgehead atoms. The number of hydrazine groups is 1. The maximum atomic E-state index is 12.4. The number of pyridine rings is 1. The number of nitrogens with one attached hydrogen (secondary N) is 2. The smallest absolute Gasteiger partial charge is 0.244 e. The summed E-state index contributed by atoms with van der Waals surface area (Å²) in [5.41, 5.74) is 2.33. The first kappa shape index (κ1) is 13.8. The van der Waals surface area contributed by atoms with Crippen LogP contribution in [0.3, 0.4) is 0 Å². The molecule has 1 heterocycles. The Morgan fingerprint density at radius 1 is 1.30 bits per heavy atom. The normalized spacial score (nSPS) is 19.3. The van der Waals surface area contributed by atoms with E-state index >= 15 is 0 Å². The van der Waals surface area contributed by atoms with Gasteiger partial charge in [-0.1, -0.05) is 0 Å². The molecule has 0 saturated heterocycles. The summed E-state index contributed by atoms with van der Waals surface area (Å²) in [6.07, 6.45) is 6.47. The van der Waals surface area contributed by atoms with E-state index in [0.29, 0.717) is 24.3 Å². The first-order valence-electron chi connectivity index (χ1n) is 7.03. The Balaban J connectivity index is 1.71. The molecule has 2 fully saturated rings. The third kappa shape index (κ3) is 2.94. The van der Waals surface area contributed by atoms with Crippen LogP contribution in [-0.2, 0) is 10.0 Å². The number of aromatic nitrogens is 1. The van der Waals surface area contributed by atoms with Crippen molar-refractivity contribution in [2.75, 3.05) is 12.0 Å². The molecule has 1 aromatic heterocycles. The van der Waals surface area contributed by atoms with Crippen molar-refractivity contribution in [3.05, 3.63) is 18.3 Å². The van der Waals surface area contributed by atoms with Gasteiger partial charge in [-0.2, -0.15) is 0 Å². The zero-order valence-corrected chi connectivity index (χ0v) is 12.1. The summed E-state index contributed by atoms with van der Waals surface area (Å²) in [5.74, 6) is 7.41. The van der Waals surface area contributed by atoms with E-state index < -0.39 is 10.0 Å². The highest BCUT2D eigenvalue weighted by molar-refractivity contribution is 7.89. The summed E-state index contributed by atoms with van der Waals surface area (Å²) in [6, 6.07) is 3.10. The molecule has 0 spiro atoms. The van der Waals surface area contributed by atoms with Crippen LogP contribution >= 0.6 is 0 Å². The van der Waals surface area contributed by atoms with Gasteiger partial charge in [0, 0.05) is 12.7 Å². The van der Waals surface area contributed by atoms with E-state index in [9.17, 15) is 8.42 Å². The van der Waals surface area contributed by atoms with Gasteiger partial charge in [-0.05, 0) is 55.6 Å². The molecule has 20 heavy (non-hydrogen) atoms. The van der Waals surface area contributed by atoms with Crippen LogP contribution in [0.1, 0.15) is 25.7 Å². The van der Waals surface area contributed by atoms with Crippen molar-refractivity contribution in [1.29, 1.82) is 0 Å². The Labute approximate surface area is 119 Å². The fourth-order valence-electron chi connectivity index (χ4n) is 2.77. The van der Waals surface area contributed by atoms with Crippen LogP contribution in [0.5, 0.6) is 0 Å². The van der Waals surface area contributed by atoms with Crippen molar-refractivity contribution >= 4 is 15.8 Å². The van der Waals surface area contributed by atoms with Crippen LogP contribution in [0.15, 0.2) is 23.2 Å². The van der Waals surface area contributed by atoms with Crippen LogP contribution in [-0.4, -0.2) is 19.9 Å². The van der Waals surface area contributed by atoms with Gasteiger partial charge in [-0.3, -0.25) is 0 Å². The number of anilines is 1. The van der Waals surface area contributed by atoms with Crippen molar-refractivity contribution in [3.8, 4) is 0 Å². The first-order valence-corrected chi connectivity index (χ1v) is 8.51. The molecule has 0 atom stereocenters. The van der Waals surface area contributed by atoms with E-state index in [0.717, 1.165) is 0 Å². The molecule has 2 aliphatic carbocycles. The molecule has 6 nitrogen and oxygen atoms in total. The molecule has 3 rings (SSSR count). The van der Waals surface area contributed by atoms with Crippen LogP contribution in [0.4, 0.5) is 5.82 Å². The summed E-state index contributed by atoms with van der Waals surface area (Å²) in [7, 11) is -3.56. The highest BCUT2D eigenvalue weighted by Crippen LogP contribution is 2.48. The molecule has 0 radical (unpaired) electrons. The van der Waals surface area contributed by atoms with Gasteiger partial charge in [0.25, 0.3) is 0 Å². The zero-order valence-electron chi connectivity index (χ0n) is 11.2. The lowest BCUT2D eigenvalue weighted by Crippen LogP contribution is -2.32. The second-order valence-corrected chi connectivity index (χ2v) is 7.42. The lowest BCUT2D eigenvalue weighted by Gasteiger charge is -2.17. The Morgan fingerprint density at radius 2 is 1.95 bits per heavy atom. The van der Waals surface area contributed by atoms with Crippen molar-refractivity contribution in [3.63, 3.8) is 0 Å². The monoisotopic (exact) mass is 296 g/mol. The maximum Gasteiger partial charge on any atom is 0.244 e. The molecule has 4 N–H and O–H groups in total. The molecule has 0 amide bonds. The number of nitrogen functional groups attached to an aromatic ring is 1. The number of hydrogen-bond acceptors (Lipinski definition) is 5. The van der Waals surface area contributed by atoms with Crippen molar-refractivity contribution in [2.24, 2.45) is 23.6 Å².